The Labute approximate surface area is 121 Å². The number of benzene rings is 1. The molecule has 1 N–H and O–H groups in total. The SMILES string of the molecule is Cc1ccc(N(C)c2nc(Cl)nc3nc[nH]c23)c(C)c1. The molecular weight excluding hydrogens is 274 g/mol. The van der Waals surface area contributed by atoms with Gasteiger partial charge in [-0.3, -0.25) is 0 Å². The number of anilines is 2. The molecule has 0 unspecified atom stereocenters. The van der Waals surface area contributed by atoms with Crippen molar-refractivity contribution in [3.05, 3.63) is 40.9 Å². The molecule has 20 heavy (non-hydrogen) atoms. The summed E-state index contributed by atoms with van der Waals surface area (Å²) in [7, 11) is 1.95. The molecule has 3 rings (SSSR count). The van der Waals surface area contributed by atoms with Crippen molar-refractivity contribution in [2.45, 2.75) is 13.8 Å². The summed E-state index contributed by atoms with van der Waals surface area (Å²) in [4.78, 5) is 17.6. The van der Waals surface area contributed by atoms with E-state index >= 15 is 0 Å². The lowest BCUT2D eigenvalue weighted by Gasteiger charge is -2.21. The van der Waals surface area contributed by atoms with Gasteiger partial charge in [0.2, 0.25) is 5.28 Å². The first-order chi connectivity index (χ1) is 9.56. The van der Waals surface area contributed by atoms with E-state index in [1.54, 1.807) is 6.33 Å². The predicted octanol–water partition coefficient (Wildman–Crippen LogP) is 3.39. The van der Waals surface area contributed by atoms with E-state index in [1.165, 1.54) is 11.1 Å². The molecule has 6 heteroatoms. The minimum absolute atomic E-state index is 0.191. The minimum atomic E-state index is 0.191. The van der Waals surface area contributed by atoms with Crippen LogP contribution in [0.15, 0.2) is 24.5 Å². The lowest BCUT2D eigenvalue weighted by atomic mass is 10.1. The molecule has 0 saturated carbocycles. The highest BCUT2D eigenvalue weighted by Gasteiger charge is 2.15. The number of imidazole rings is 1. The third kappa shape index (κ3) is 2.10. The molecule has 0 aliphatic rings. The summed E-state index contributed by atoms with van der Waals surface area (Å²) >= 11 is 5.97. The van der Waals surface area contributed by atoms with E-state index < -0.39 is 0 Å². The highest BCUT2D eigenvalue weighted by Crippen LogP contribution is 2.30. The first-order valence-electron chi connectivity index (χ1n) is 6.24. The monoisotopic (exact) mass is 287 g/mol. The van der Waals surface area contributed by atoms with E-state index in [4.69, 9.17) is 11.6 Å². The number of halogens is 1. The number of H-pyrrole nitrogens is 1. The number of nitrogens with one attached hydrogen (secondary N) is 1. The number of hydrogen-bond donors (Lipinski definition) is 1. The zero-order valence-electron chi connectivity index (χ0n) is 11.5. The van der Waals surface area contributed by atoms with Gasteiger partial charge in [-0.25, -0.2) is 4.98 Å². The molecule has 0 spiro atoms. The third-order valence-electron chi connectivity index (χ3n) is 3.27. The van der Waals surface area contributed by atoms with Gasteiger partial charge in [-0.2, -0.15) is 9.97 Å². The number of rotatable bonds is 2. The Balaban J connectivity index is 2.16. The van der Waals surface area contributed by atoms with Crippen molar-refractivity contribution in [3.63, 3.8) is 0 Å². The van der Waals surface area contributed by atoms with Gasteiger partial charge in [0.25, 0.3) is 0 Å². The van der Waals surface area contributed by atoms with Gasteiger partial charge >= 0.3 is 0 Å². The minimum Gasteiger partial charge on any atom is -0.340 e. The van der Waals surface area contributed by atoms with Gasteiger partial charge in [0.1, 0.15) is 5.52 Å². The third-order valence-corrected chi connectivity index (χ3v) is 3.44. The highest BCUT2D eigenvalue weighted by atomic mass is 35.5. The molecule has 0 aliphatic carbocycles. The Hall–Kier alpha value is -2.14. The van der Waals surface area contributed by atoms with Crippen LogP contribution < -0.4 is 4.90 Å². The molecule has 0 aliphatic heterocycles. The first kappa shape index (κ1) is 12.9. The molecule has 0 fully saturated rings. The summed E-state index contributed by atoms with van der Waals surface area (Å²) in [6, 6.07) is 6.29. The van der Waals surface area contributed by atoms with Gasteiger partial charge < -0.3 is 9.88 Å². The van der Waals surface area contributed by atoms with Crippen LogP contribution >= 0.6 is 11.6 Å². The van der Waals surface area contributed by atoms with Crippen LogP contribution in [0.3, 0.4) is 0 Å². The molecule has 5 nitrogen and oxygen atoms in total. The second kappa shape index (κ2) is 4.76. The second-order valence-corrected chi connectivity index (χ2v) is 5.10. The highest BCUT2D eigenvalue weighted by molar-refractivity contribution is 6.28. The van der Waals surface area contributed by atoms with Gasteiger partial charge in [0, 0.05) is 12.7 Å². The van der Waals surface area contributed by atoms with Crippen molar-refractivity contribution in [2.24, 2.45) is 0 Å². The number of aryl methyl sites for hydroxylation is 2. The van der Waals surface area contributed by atoms with Crippen molar-refractivity contribution in [2.75, 3.05) is 11.9 Å². The molecule has 2 heterocycles. The molecule has 0 saturated heterocycles. The zero-order valence-corrected chi connectivity index (χ0v) is 12.2. The van der Waals surface area contributed by atoms with Crippen molar-refractivity contribution in [1.29, 1.82) is 0 Å². The van der Waals surface area contributed by atoms with Crippen LogP contribution in [0.5, 0.6) is 0 Å². The van der Waals surface area contributed by atoms with E-state index in [-0.39, 0.29) is 5.28 Å². The zero-order chi connectivity index (χ0) is 14.3. The quantitative estimate of drug-likeness (QED) is 0.734. The fourth-order valence-corrected chi connectivity index (χ4v) is 2.49. The van der Waals surface area contributed by atoms with E-state index in [0.717, 1.165) is 11.2 Å². The van der Waals surface area contributed by atoms with Crippen LogP contribution in [0.4, 0.5) is 11.5 Å². The standard InChI is InChI=1S/C14H14ClN5/c1-8-4-5-10(9(2)6-8)20(3)13-11-12(17-7-16-11)18-14(15)19-13/h4-7H,1-3H3,(H,16,17,18,19). The maximum atomic E-state index is 5.97. The Morgan fingerprint density at radius 2 is 2.00 bits per heavy atom. The van der Waals surface area contributed by atoms with E-state index in [9.17, 15) is 0 Å². The molecule has 102 valence electrons. The molecule has 2 aromatic heterocycles. The number of aromatic nitrogens is 4. The normalized spacial score (nSPS) is 11.0. The molecule has 1 aromatic carbocycles. The average Bonchev–Trinajstić information content (AvgIpc) is 2.85. The summed E-state index contributed by atoms with van der Waals surface area (Å²) in [5.74, 6) is 0.712. The summed E-state index contributed by atoms with van der Waals surface area (Å²) in [6.07, 6.45) is 1.59. The van der Waals surface area contributed by atoms with Crippen LogP contribution in [0.25, 0.3) is 11.2 Å². The van der Waals surface area contributed by atoms with Gasteiger partial charge in [-0.1, -0.05) is 17.7 Å². The Kier molecular flexibility index (Phi) is 3.06. The first-order valence-corrected chi connectivity index (χ1v) is 6.61. The van der Waals surface area contributed by atoms with Crippen LogP contribution in [-0.4, -0.2) is 27.0 Å². The maximum Gasteiger partial charge on any atom is 0.226 e. The van der Waals surface area contributed by atoms with Crippen molar-refractivity contribution in [1.82, 2.24) is 19.9 Å². The van der Waals surface area contributed by atoms with Crippen LogP contribution in [0.1, 0.15) is 11.1 Å². The second-order valence-electron chi connectivity index (χ2n) is 4.77. The summed E-state index contributed by atoms with van der Waals surface area (Å²) in [6.45, 7) is 4.15. The summed E-state index contributed by atoms with van der Waals surface area (Å²) in [5, 5.41) is 0.191. The Morgan fingerprint density at radius 1 is 1.20 bits per heavy atom. The summed E-state index contributed by atoms with van der Waals surface area (Å²) < 4.78 is 0. The topological polar surface area (TPSA) is 57.7 Å². The molecule has 3 aromatic rings. The maximum absolute atomic E-state index is 5.97. The molecule has 0 bridgehead atoms. The van der Waals surface area contributed by atoms with Crippen molar-refractivity contribution < 1.29 is 0 Å². The number of aromatic amines is 1. The van der Waals surface area contributed by atoms with E-state index in [1.807, 2.05) is 11.9 Å². The fourth-order valence-electron chi connectivity index (χ4n) is 2.33. The van der Waals surface area contributed by atoms with Crippen molar-refractivity contribution in [3.8, 4) is 0 Å². The number of fused-ring (bicyclic) bond motifs is 1. The Morgan fingerprint density at radius 3 is 2.75 bits per heavy atom. The summed E-state index contributed by atoms with van der Waals surface area (Å²) in [5.41, 5.74) is 4.82. The largest absolute Gasteiger partial charge is 0.340 e. The van der Waals surface area contributed by atoms with Crippen LogP contribution in [0, 0.1) is 13.8 Å². The van der Waals surface area contributed by atoms with Crippen LogP contribution in [0.2, 0.25) is 5.28 Å². The van der Waals surface area contributed by atoms with Gasteiger partial charge in [-0.15, -0.1) is 0 Å². The molecule has 0 radical (unpaired) electrons. The van der Waals surface area contributed by atoms with Gasteiger partial charge in [0.05, 0.1) is 6.33 Å². The van der Waals surface area contributed by atoms with E-state index in [0.29, 0.717) is 11.5 Å². The lowest BCUT2D eigenvalue weighted by molar-refractivity contribution is 1.09. The number of hydrogen-bond acceptors (Lipinski definition) is 4. The van der Waals surface area contributed by atoms with Crippen molar-refractivity contribution >= 4 is 34.3 Å². The van der Waals surface area contributed by atoms with E-state index in [2.05, 4.69) is 52.0 Å². The van der Waals surface area contributed by atoms with Gasteiger partial charge in [0.15, 0.2) is 11.5 Å². The predicted molar refractivity (Wildman–Crippen MR) is 80.7 cm³/mol. The molecule has 0 amide bonds. The smallest absolute Gasteiger partial charge is 0.226 e. The fraction of sp³-hybridized carbons (Fsp3) is 0.214. The molecule has 0 atom stereocenters. The Bertz CT molecular complexity index is 780. The number of nitrogens with zero attached hydrogens (tertiary/aromatic N) is 4. The molecular formula is C14H14ClN5. The van der Waals surface area contributed by atoms with Crippen LogP contribution in [-0.2, 0) is 0 Å². The average molecular weight is 288 g/mol. The van der Waals surface area contributed by atoms with Gasteiger partial charge in [-0.05, 0) is 37.1 Å². The lowest BCUT2D eigenvalue weighted by Crippen LogP contribution is -2.13.